The number of aliphatic hydroxyl groups is 1. The fraction of sp³-hybridized carbons (Fsp3) is 0.333. The summed E-state index contributed by atoms with van der Waals surface area (Å²) in [5, 5.41) is 10.9. The predicted molar refractivity (Wildman–Crippen MR) is 114 cm³/mol. The van der Waals surface area contributed by atoms with Crippen LogP contribution in [-0.2, 0) is 14.3 Å². The summed E-state index contributed by atoms with van der Waals surface area (Å²) in [6.45, 7) is 0.0432. The largest absolute Gasteiger partial charge is 0.491 e. The Morgan fingerprint density at radius 2 is 2.03 bits per heavy atom. The molecule has 1 aliphatic carbocycles. The molecular weight excluding hydrogens is 420 g/mol. The van der Waals surface area contributed by atoms with Crippen molar-refractivity contribution in [3.63, 3.8) is 0 Å². The first kappa shape index (κ1) is 21.4. The number of benzene rings is 2. The van der Waals surface area contributed by atoms with Gasteiger partial charge in [0.25, 0.3) is 0 Å². The first-order chi connectivity index (χ1) is 15.0. The molecule has 5 atom stereocenters. The molecule has 1 saturated carbocycles. The van der Waals surface area contributed by atoms with Gasteiger partial charge in [-0.1, -0.05) is 48.0 Å². The highest BCUT2D eigenvalue weighted by Crippen LogP contribution is 2.43. The molecule has 1 heterocycles. The van der Waals surface area contributed by atoms with E-state index in [0.29, 0.717) is 22.8 Å². The zero-order valence-electron chi connectivity index (χ0n) is 16.7. The Bertz CT molecular complexity index is 960. The molecule has 2 aromatic rings. The standard InChI is InChI=1S/C24H23ClO6/c25-16-7-4-8-18(11-16)29-14-17(26)9-10-19-20-12-23(27)30-22(20)13-21(19)31-24(28)15-5-2-1-3-6-15/h1-11,17,19-22,26H,12-14H2. The maximum Gasteiger partial charge on any atom is 0.338 e. The van der Waals surface area contributed by atoms with E-state index in [2.05, 4.69) is 0 Å². The molecule has 2 fully saturated rings. The van der Waals surface area contributed by atoms with Crippen LogP contribution >= 0.6 is 11.6 Å². The molecular formula is C24H23ClO6. The van der Waals surface area contributed by atoms with Gasteiger partial charge in [-0.15, -0.1) is 0 Å². The molecule has 5 unspecified atom stereocenters. The van der Waals surface area contributed by atoms with Gasteiger partial charge in [0, 0.05) is 23.3 Å². The molecule has 1 aliphatic heterocycles. The van der Waals surface area contributed by atoms with E-state index in [9.17, 15) is 14.7 Å². The van der Waals surface area contributed by atoms with E-state index >= 15 is 0 Å². The molecule has 4 rings (SSSR count). The summed E-state index contributed by atoms with van der Waals surface area (Å²) in [6.07, 6.45) is 2.55. The molecule has 0 aromatic heterocycles. The minimum Gasteiger partial charge on any atom is -0.491 e. The molecule has 0 bridgehead atoms. The lowest BCUT2D eigenvalue weighted by atomic mass is 9.91. The van der Waals surface area contributed by atoms with Gasteiger partial charge in [0.2, 0.25) is 0 Å². The number of carbonyl (C=O) groups is 2. The summed E-state index contributed by atoms with van der Waals surface area (Å²) in [5.41, 5.74) is 0.467. The average molecular weight is 443 g/mol. The Morgan fingerprint density at radius 3 is 2.81 bits per heavy atom. The van der Waals surface area contributed by atoms with Crippen molar-refractivity contribution >= 4 is 23.5 Å². The number of esters is 2. The third-order valence-corrected chi connectivity index (χ3v) is 5.83. The number of aliphatic hydroxyl groups excluding tert-OH is 1. The van der Waals surface area contributed by atoms with Crippen LogP contribution in [0.15, 0.2) is 66.7 Å². The quantitative estimate of drug-likeness (QED) is 0.518. The van der Waals surface area contributed by atoms with Gasteiger partial charge in [0.1, 0.15) is 30.7 Å². The smallest absolute Gasteiger partial charge is 0.338 e. The molecule has 0 amide bonds. The fourth-order valence-electron chi connectivity index (χ4n) is 4.12. The molecule has 2 aromatic carbocycles. The van der Waals surface area contributed by atoms with Gasteiger partial charge in [-0.2, -0.15) is 0 Å². The summed E-state index contributed by atoms with van der Waals surface area (Å²) in [5.74, 6) is -0.417. The minimum absolute atomic E-state index is 0.0432. The molecule has 2 aliphatic rings. The Balaban J connectivity index is 1.41. The highest BCUT2D eigenvalue weighted by molar-refractivity contribution is 6.30. The molecule has 162 valence electrons. The van der Waals surface area contributed by atoms with Crippen molar-refractivity contribution in [2.75, 3.05) is 6.61 Å². The van der Waals surface area contributed by atoms with Crippen LogP contribution in [0.4, 0.5) is 0 Å². The van der Waals surface area contributed by atoms with Gasteiger partial charge in [-0.25, -0.2) is 4.79 Å². The molecule has 6 nitrogen and oxygen atoms in total. The van der Waals surface area contributed by atoms with Crippen LogP contribution in [0, 0.1) is 11.8 Å². The van der Waals surface area contributed by atoms with E-state index in [4.69, 9.17) is 25.8 Å². The number of fused-ring (bicyclic) bond motifs is 1. The van der Waals surface area contributed by atoms with Crippen molar-refractivity contribution in [1.82, 2.24) is 0 Å². The predicted octanol–water partition coefficient (Wildman–Crippen LogP) is 3.81. The van der Waals surface area contributed by atoms with Crippen molar-refractivity contribution in [3.05, 3.63) is 77.3 Å². The van der Waals surface area contributed by atoms with Crippen molar-refractivity contribution in [2.45, 2.75) is 31.2 Å². The molecule has 31 heavy (non-hydrogen) atoms. The lowest BCUT2D eigenvalue weighted by Gasteiger charge is -2.20. The Labute approximate surface area is 185 Å². The Morgan fingerprint density at radius 1 is 1.23 bits per heavy atom. The van der Waals surface area contributed by atoms with Crippen molar-refractivity contribution in [3.8, 4) is 5.75 Å². The van der Waals surface area contributed by atoms with Crippen LogP contribution in [0.1, 0.15) is 23.2 Å². The second kappa shape index (κ2) is 9.54. The minimum atomic E-state index is -0.874. The van der Waals surface area contributed by atoms with Crippen LogP contribution in [0.2, 0.25) is 5.02 Å². The van der Waals surface area contributed by atoms with Gasteiger partial charge in [-0.3, -0.25) is 4.79 Å². The second-order valence-electron chi connectivity index (χ2n) is 7.74. The van der Waals surface area contributed by atoms with Crippen LogP contribution in [0.25, 0.3) is 0 Å². The van der Waals surface area contributed by atoms with E-state index < -0.39 is 18.2 Å². The lowest BCUT2D eigenvalue weighted by Crippen LogP contribution is -2.25. The fourth-order valence-corrected chi connectivity index (χ4v) is 4.30. The highest BCUT2D eigenvalue weighted by atomic mass is 35.5. The second-order valence-corrected chi connectivity index (χ2v) is 8.18. The number of halogens is 1. The number of rotatable bonds is 7. The maximum absolute atomic E-state index is 12.5. The summed E-state index contributed by atoms with van der Waals surface area (Å²) in [6, 6.07) is 15.7. The highest BCUT2D eigenvalue weighted by Gasteiger charge is 2.50. The SMILES string of the molecule is O=C1CC2C(CC(OC(=O)c3ccccc3)C2C=CC(O)COc2cccc(Cl)c2)O1. The normalized spacial score (nSPS) is 25.8. The van der Waals surface area contributed by atoms with Gasteiger partial charge in [-0.05, 0) is 30.3 Å². The van der Waals surface area contributed by atoms with Crippen LogP contribution in [-0.4, -0.2) is 42.0 Å². The third kappa shape index (κ3) is 5.27. The van der Waals surface area contributed by atoms with Crippen LogP contribution in [0.3, 0.4) is 0 Å². The van der Waals surface area contributed by atoms with E-state index in [1.165, 1.54) is 0 Å². The zero-order chi connectivity index (χ0) is 21.8. The molecule has 0 radical (unpaired) electrons. The zero-order valence-corrected chi connectivity index (χ0v) is 17.5. The van der Waals surface area contributed by atoms with Crippen molar-refractivity contribution in [1.29, 1.82) is 0 Å². The van der Waals surface area contributed by atoms with Crippen LogP contribution in [0.5, 0.6) is 5.75 Å². The van der Waals surface area contributed by atoms with E-state index in [0.717, 1.165) is 0 Å². The van der Waals surface area contributed by atoms with Gasteiger partial charge in [0.05, 0.1) is 12.0 Å². The Hall–Kier alpha value is -2.83. The third-order valence-electron chi connectivity index (χ3n) is 5.59. The van der Waals surface area contributed by atoms with Crippen LogP contribution < -0.4 is 4.74 Å². The maximum atomic E-state index is 12.5. The summed E-state index contributed by atoms with van der Waals surface area (Å²) in [7, 11) is 0. The average Bonchev–Trinajstić information content (AvgIpc) is 3.27. The number of hydrogen-bond acceptors (Lipinski definition) is 6. The van der Waals surface area contributed by atoms with Crippen molar-refractivity contribution < 1.29 is 28.9 Å². The molecule has 7 heteroatoms. The lowest BCUT2D eigenvalue weighted by molar-refractivity contribution is -0.141. The number of ether oxygens (including phenoxy) is 3. The van der Waals surface area contributed by atoms with E-state index in [-0.39, 0.29) is 36.9 Å². The summed E-state index contributed by atoms with van der Waals surface area (Å²) in [4.78, 5) is 24.3. The molecule has 1 saturated heterocycles. The summed E-state index contributed by atoms with van der Waals surface area (Å²) < 4.78 is 16.7. The van der Waals surface area contributed by atoms with Gasteiger partial charge < -0.3 is 19.3 Å². The number of hydrogen-bond donors (Lipinski definition) is 1. The summed E-state index contributed by atoms with van der Waals surface area (Å²) >= 11 is 5.94. The monoisotopic (exact) mass is 442 g/mol. The first-order valence-electron chi connectivity index (χ1n) is 10.2. The van der Waals surface area contributed by atoms with Gasteiger partial charge in [0.15, 0.2) is 0 Å². The van der Waals surface area contributed by atoms with E-state index in [1.54, 1.807) is 54.6 Å². The van der Waals surface area contributed by atoms with E-state index in [1.807, 2.05) is 12.1 Å². The molecule has 1 N–H and O–H groups in total. The topological polar surface area (TPSA) is 82.1 Å². The molecule has 0 spiro atoms. The first-order valence-corrected chi connectivity index (χ1v) is 10.6. The van der Waals surface area contributed by atoms with Gasteiger partial charge >= 0.3 is 11.9 Å². The van der Waals surface area contributed by atoms with Crippen molar-refractivity contribution in [2.24, 2.45) is 11.8 Å². The number of carbonyl (C=O) groups excluding carboxylic acids is 2. The Kier molecular flexibility index (Phi) is 6.59.